The van der Waals surface area contributed by atoms with Crippen molar-refractivity contribution in [2.24, 2.45) is 0 Å². The van der Waals surface area contributed by atoms with E-state index < -0.39 is 41.9 Å². The Balaban J connectivity index is 1.13. The lowest BCUT2D eigenvalue weighted by molar-refractivity contribution is -0.171. The highest BCUT2D eigenvalue weighted by molar-refractivity contribution is 5.96. The maximum Gasteiger partial charge on any atom is 0.416 e. The van der Waals surface area contributed by atoms with Crippen molar-refractivity contribution < 1.29 is 41.9 Å². The van der Waals surface area contributed by atoms with E-state index >= 15 is 0 Å². The van der Waals surface area contributed by atoms with Gasteiger partial charge in [0.05, 0.1) is 31.2 Å². The first-order valence-electron chi connectivity index (χ1n) is 18.4. The largest absolute Gasteiger partial charge is 0.497 e. The molecule has 5 aromatic carbocycles. The number of nitrogens with zero attached hydrogens (tertiary/aromatic N) is 3. The Kier molecular flexibility index (Phi) is 12.4. The minimum atomic E-state index is -4.68. The number of hydrogen-bond donors (Lipinski definition) is 2. The summed E-state index contributed by atoms with van der Waals surface area (Å²) in [6.07, 6.45) is -6.52. The molecule has 1 heterocycles. The number of ether oxygens (including phenoxy) is 2. The molecule has 300 valence electrons. The van der Waals surface area contributed by atoms with Gasteiger partial charge in [-0.1, -0.05) is 77.5 Å². The standard InChI is InChI=1S/C45H43F3N4O6/c1-28-6-10-30(11-7-28)31-14-16-32(17-15-31)41-50-42(58-51-41)33-12-8-29(9-13-33)26-52(27-40(54)57-44(2,3)4)43(55)34-18-21-36(22-19-34)49-39(53)24-35-20-23-37(56-5)25-38(35)45(46,47)48/h6-23,25,40,54H,24,26-27H2,1-5H3,(H,49,53). The van der Waals surface area contributed by atoms with Gasteiger partial charge < -0.3 is 29.3 Å². The minimum Gasteiger partial charge on any atom is -0.497 e. The molecule has 13 heteroatoms. The Morgan fingerprint density at radius 3 is 2.03 bits per heavy atom. The molecule has 0 saturated carbocycles. The van der Waals surface area contributed by atoms with Crippen molar-refractivity contribution in [1.29, 1.82) is 0 Å². The predicted octanol–water partition coefficient (Wildman–Crippen LogP) is 9.36. The summed E-state index contributed by atoms with van der Waals surface area (Å²) in [5, 5.41) is 17.6. The summed E-state index contributed by atoms with van der Waals surface area (Å²) >= 11 is 0. The number of benzene rings is 5. The van der Waals surface area contributed by atoms with Crippen molar-refractivity contribution in [3.05, 3.63) is 143 Å². The highest BCUT2D eigenvalue weighted by atomic mass is 19.4. The maximum atomic E-state index is 13.9. The lowest BCUT2D eigenvalue weighted by atomic mass is 10.0. The smallest absolute Gasteiger partial charge is 0.416 e. The number of halogens is 3. The zero-order chi connectivity index (χ0) is 41.6. The minimum absolute atomic E-state index is 0.0231. The molecule has 10 nitrogen and oxygen atoms in total. The van der Waals surface area contributed by atoms with Gasteiger partial charge in [-0.25, -0.2) is 0 Å². The molecule has 0 spiro atoms. The highest BCUT2D eigenvalue weighted by Crippen LogP contribution is 2.35. The van der Waals surface area contributed by atoms with Crippen LogP contribution >= 0.6 is 0 Å². The molecule has 0 bridgehead atoms. The lowest BCUT2D eigenvalue weighted by Gasteiger charge is -2.29. The Morgan fingerprint density at radius 1 is 0.828 bits per heavy atom. The zero-order valence-corrected chi connectivity index (χ0v) is 32.6. The molecule has 2 N–H and O–H groups in total. The van der Waals surface area contributed by atoms with E-state index in [1.165, 1.54) is 54.0 Å². The number of rotatable bonds is 13. The van der Waals surface area contributed by atoms with Crippen molar-refractivity contribution >= 4 is 17.5 Å². The summed E-state index contributed by atoms with van der Waals surface area (Å²) in [6, 6.07) is 32.8. The number of alkyl halides is 3. The second kappa shape index (κ2) is 17.5. The summed E-state index contributed by atoms with van der Waals surface area (Å²) in [4.78, 5) is 32.7. The van der Waals surface area contributed by atoms with E-state index in [9.17, 15) is 27.9 Å². The van der Waals surface area contributed by atoms with Crippen LogP contribution in [0.2, 0.25) is 0 Å². The fraction of sp³-hybridized carbons (Fsp3) is 0.244. The number of anilines is 1. The summed E-state index contributed by atoms with van der Waals surface area (Å²) < 4.78 is 57.2. The van der Waals surface area contributed by atoms with Crippen molar-refractivity contribution in [2.75, 3.05) is 19.0 Å². The van der Waals surface area contributed by atoms with Gasteiger partial charge >= 0.3 is 6.18 Å². The molecule has 0 aliphatic heterocycles. The number of aryl methyl sites for hydroxylation is 1. The third kappa shape index (κ3) is 10.7. The van der Waals surface area contributed by atoms with Crippen LogP contribution < -0.4 is 10.1 Å². The molecule has 6 rings (SSSR count). The number of amides is 2. The van der Waals surface area contributed by atoms with Crippen molar-refractivity contribution in [3.8, 4) is 39.7 Å². The number of aliphatic hydroxyl groups excluding tert-OH is 1. The van der Waals surface area contributed by atoms with Crippen LogP contribution in [0.25, 0.3) is 34.0 Å². The number of carbonyl (C=O) groups is 2. The molecule has 58 heavy (non-hydrogen) atoms. The molecular weight excluding hydrogens is 750 g/mol. The number of aliphatic hydroxyl groups is 1. The van der Waals surface area contributed by atoms with E-state index in [0.717, 1.165) is 28.3 Å². The van der Waals surface area contributed by atoms with Crippen LogP contribution in [0.15, 0.2) is 120 Å². The predicted molar refractivity (Wildman–Crippen MR) is 214 cm³/mol. The molecule has 0 aliphatic carbocycles. The van der Waals surface area contributed by atoms with Crippen LogP contribution in [-0.4, -0.2) is 57.5 Å². The quantitative estimate of drug-likeness (QED) is 0.111. The van der Waals surface area contributed by atoms with Crippen LogP contribution in [0.3, 0.4) is 0 Å². The highest BCUT2D eigenvalue weighted by Gasteiger charge is 2.34. The number of methoxy groups -OCH3 is 1. The maximum absolute atomic E-state index is 13.9. The van der Waals surface area contributed by atoms with E-state index in [2.05, 4.69) is 39.7 Å². The second-order valence-electron chi connectivity index (χ2n) is 14.8. The average Bonchev–Trinajstić information content (AvgIpc) is 3.68. The zero-order valence-electron chi connectivity index (χ0n) is 32.6. The monoisotopic (exact) mass is 792 g/mol. The Morgan fingerprint density at radius 2 is 1.43 bits per heavy atom. The molecule has 0 aliphatic rings. The number of hydrogen-bond acceptors (Lipinski definition) is 8. The fourth-order valence-corrected chi connectivity index (χ4v) is 6.20. The molecule has 0 radical (unpaired) electrons. The molecule has 1 atom stereocenters. The summed E-state index contributed by atoms with van der Waals surface area (Å²) in [5.41, 5.74) is 4.27. The first-order chi connectivity index (χ1) is 27.5. The van der Waals surface area contributed by atoms with Crippen LogP contribution in [0, 0.1) is 6.92 Å². The second-order valence-corrected chi connectivity index (χ2v) is 14.8. The summed E-state index contributed by atoms with van der Waals surface area (Å²) in [7, 11) is 1.26. The summed E-state index contributed by atoms with van der Waals surface area (Å²) in [6.45, 7) is 7.36. The van der Waals surface area contributed by atoms with Crippen LogP contribution in [0.1, 0.15) is 53.4 Å². The van der Waals surface area contributed by atoms with Crippen LogP contribution in [0.4, 0.5) is 18.9 Å². The van der Waals surface area contributed by atoms with E-state index in [-0.39, 0.29) is 35.7 Å². The number of carbonyl (C=O) groups excluding carboxylic acids is 2. The topological polar surface area (TPSA) is 127 Å². The van der Waals surface area contributed by atoms with Gasteiger partial charge in [0, 0.05) is 28.9 Å². The molecular formula is C45H43F3N4O6. The molecule has 0 saturated heterocycles. The Hall–Kier alpha value is -6.31. The van der Waals surface area contributed by atoms with Crippen molar-refractivity contribution in [1.82, 2.24) is 15.0 Å². The normalized spacial score (nSPS) is 12.2. The van der Waals surface area contributed by atoms with E-state index in [4.69, 9.17) is 14.0 Å². The van der Waals surface area contributed by atoms with Gasteiger partial charge in [0.15, 0.2) is 6.29 Å². The average molecular weight is 793 g/mol. The SMILES string of the molecule is COc1ccc(CC(=O)Nc2ccc(C(=O)N(Cc3ccc(-c4nc(-c5ccc(-c6ccc(C)cc6)cc5)no4)cc3)CC(O)OC(C)(C)C)cc2)c(C(F)(F)F)c1. The molecule has 0 fully saturated rings. The molecule has 2 amide bonds. The van der Waals surface area contributed by atoms with Crippen molar-refractivity contribution in [2.45, 2.75) is 58.7 Å². The summed E-state index contributed by atoms with van der Waals surface area (Å²) in [5.74, 6) is -0.316. The fourth-order valence-electron chi connectivity index (χ4n) is 6.20. The van der Waals surface area contributed by atoms with Gasteiger partial charge in [0.25, 0.3) is 11.8 Å². The first kappa shape index (κ1) is 41.3. The van der Waals surface area contributed by atoms with Gasteiger partial charge in [-0.05, 0) is 98.5 Å². The third-order valence-electron chi connectivity index (χ3n) is 9.07. The van der Waals surface area contributed by atoms with Gasteiger partial charge in [0.1, 0.15) is 5.75 Å². The first-order valence-corrected chi connectivity index (χ1v) is 18.4. The molecule has 6 aromatic rings. The molecule has 1 unspecified atom stereocenters. The van der Waals surface area contributed by atoms with Gasteiger partial charge in [-0.2, -0.15) is 18.2 Å². The van der Waals surface area contributed by atoms with E-state index in [0.29, 0.717) is 17.3 Å². The van der Waals surface area contributed by atoms with E-state index in [1.54, 1.807) is 32.9 Å². The number of aromatic nitrogens is 2. The van der Waals surface area contributed by atoms with E-state index in [1.807, 2.05) is 43.3 Å². The third-order valence-corrected chi connectivity index (χ3v) is 9.07. The van der Waals surface area contributed by atoms with Gasteiger partial charge in [-0.15, -0.1) is 0 Å². The lowest BCUT2D eigenvalue weighted by Crippen LogP contribution is -2.40. The van der Waals surface area contributed by atoms with Crippen LogP contribution in [-0.2, 0) is 28.7 Å². The van der Waals surface area contributed by atoms with Crippen molar-refractivity contribution in [3.63, 3.8) is 0 Å². The van der Waals surface area contributed by atoms with Gasteiger partial charge in [-0.3, -0.25) is 9.59 Å². The van der Waals surface area contributed by atoms with Crippen LogP contribution in [0.5, 0.6) is 5.75 Å². The Labute approximate surface area is 334 Å². The van der Waals surface area contributed by atoms with Gasteiger partial charge in [0.2, 0.25) is 11.7 Å². The molecule has 1 aromatic heterocycles. The number of nitrogens with one attached hydrogen (secondary N) is 1. The Bertz CT molecular complexity index is 2340.